The first kappa shape index (κ1) is 19.6. The highest BCUT2D eigenvalue weighted by atomic mass is 79.9. The van der Waals surface area contributed by atoms with Crippen molar-refractivity contribution in [2.24, 2.45) is 5.10 Å². The molecule has 0 saturated heterocycles. The lowest BCUT2D eigenvalue weighted by Gasteiger charge is -2.03. The average molecular weight is 450 g/mol. The summed E-state index contributed by atoms with van der Waals surface area (Å²) in [6, 6.07) is 3.38. The number of carboxylic acids is 1. The molecule has 6 nitrogen and oxygen atoms in total. The normalized spacial score (nSPS) is 10.9. The lowest BCUT2D eigenvalue weighted by Crippen LogP contribution is -2.16. The molecule has 126 valence electrons. The van der Waals surface area contributed by atoms with Crippen LogP contribution in [-0.2, 0) is 9.59 Å². The van der Waals surface area contributed by atoms with Crippen LogP contribution in [0.2, 0.25) is 0 Å². The zero-order chi connectivity index (χ0) is 17.2. The fourth-order valence-corrected chi connectivity index (χ4v) is 3.09. The van der Waals surface area contributed by atoms with E-state index in [1.807, 2.05) is 0 Å². The van der Waals surface area contributed by atoms with Gasteiger partial charge in [-0.15, -0.1) is 0 Å². The number of halogens is 2. The summed E-state index contributed by atoms with van der Waals surface area (Å²) < 4.78 is 1.30. The summed E-state index contributed by atoms with van der Waals surface area (Å²) in [6.07, 6.45) is 4.80. The molecule has 1 rings (SSSR count). The van der Waals surface area contributed by atoms with Gasteiger partial charge in [-0.1, -0.05) is 28.8 Å². The molecule has 8 heteroatoms. The molecule has 0 aromatic heterocycles. The van der Waals surface area contributed by atoms with Crippen LogP contribution in [0.1, 0.15) is 44.1 Å². The van der Waals surface area contributed by atoms with Gasteiger partial charge in [0.05, 0.1) is 10.7 Å². The summed E-state index contributed by atoms with van der Waals surface area (Å²) in [6.45, 7) is 0. The number of carboxylic acid groups (broad SMARTS) is 1. The smallest absolute Gasteiger partial charge is 0.303 e. The van der Waals surface area contributed by atoms with E-state index in [-0.39, 0.29) is 18.1 Å². The van der Waals surface area contributed by atoms with Crippen LogP contribution >= 0.6 is 31.9 Å². The van der Waals surface area contributed by atoms with Gasteiger partial charge in [0.2, 0.25) is 5.91 Å². The minimum atomic E-state index is -0.792. The summed E-state index contributed by atoms with van der Waals surface area (Å²) in [4.78, 5) is 21.9. The number of nitrogens with one attached hydrogen (secondary N) is 1. The molecule has 0 bridgehead atoms. The third kappa shape index (κ3) is 8.13. The molecular formula is C15H18Br2N2O4. The van der Waals surface area contributed by atoms with Gasteiger partial charge >= 0.3 is 5.97 Å². The Labute approximate surface area is 151 Å². The van der Waals surface area contributed by atoms with Crippen LogP contribution in [0.5, 0.6) is 5.75 Å². The molecule has 1 amide bonds. The highest BCUT2D eigenvalue weighted by molar-refractivity contribution is 9.11. The number of phenols is 1. The topological polar surface area (TPSA) is 99.0 Å². The fourth-order valence-electron chi connectivity index (χ4n) is 1.83. The molecule has 0 atom stereocenters. The molecule has 0 saturated carbocycles. The van der Waals surface area contributed by atoms with Crippen LogP contribution in [0.25, 0.3) is 0 Å². The molecule has 1 aromatic rings. The van der Waals surface area contributed by atoms with Crippen molar-refractivity contribution in [1.29, 1.82) is 0 Å². The van der Waals surface area contributed by atoms with Crippen molar-refractivity contribution < 1.29 is 19.8 Å². The molecular weight excluding hydrogens is 432 g/mol. The Kier molecular flexibility index (Phi) is 8.86. The van der Waals surface area contributed by atoms with E-state index in [2.05, 4.69) is 42.4 Å². The lowest BCUT2D eigenvalue weighted by atomic mass is 10.1. The maximum absolute atomic E-state index is 11.6. The first-order valence-corrected chi connectivity index (χ1v) is 8.70. The molecule has 3 N–H and O–H groups in total. The van der Waals surface area contributed by atoms with Crippen molar-refractivity contribution in [2.45, 2.75) is 38.5 Å². The van der Waals surface area contributed by atoms with Gasteiger partial charge in [-0.05, 0) is 40.9 Å². The van der Waals surface area contributed by atoms with Gasteiger partial charge in [0.25, 0.3) is 0 Å². The molecule has 0 fully saturated rings. The largest absolute Gasteiger partial charge is 0.506 e. The third-order valence-corrected chi connectivity index (χ3v) is 4.06. The van der Waals surface area contributed by atoms with Gasteiger partial charge in [0, 0.05) is 22.9 Å². The number of nitrogens with zero attached hydrogens (tertiary/aromatic N) is 1. The van der Waals surface area contributed by atoms with E-state index in [4.69, 9.17) is 5.11 Å². The number of hydrogen-bond donors (Lipinski definition) is 3. The van der Waals surface area contributed by atoms with Crippen LogP contribution < -0.4 is 5.43 Å². The Morgan fingerprint density at radius 2 is 1.78 bits per heavy atom. The summed E-state index contributed by atoms with van der Waals surface area (Å²) in [7, 11) is 0. The van der Waals surface area contributed by atoms with E-state index in [9.17, 15) is 14.7 Å². The third-order valence-electron chi connectivity index (χ3n) is 3.00. The Morgan fingerprint density at radius 3 is 2.43 bits per heavy atom. The maximum Gasteiger partial charge on any atom is 0.303 e. The Hall–Kier alpha value is -1.41. The van der Waals surface area contributed by atoms with E-state index in [1.54, 1.807) is 12.1 Å². The summed E-state index contributed by atoms with van der Waals surface area (Å²) >= 11 is 6.52. The highest BCUT2D eigenvalue weighted by Gasteiger charge is 2.06. The Morgan fingerprint density at radius 1 is 1.13 bits per heavy atom. The van der Waals surface area contributed by atoms with Crippen LogP contribution in [0.3, 0.4) is 0 Å². The molecule has 23 heavy (non-hydrogen) atoms. The minimum absolute atomic E-state index is 0.0460. The number of unbranched alkanes of at least 4 members (excludes halogenated alkanes) is 3. The predicted octanol–water partition coefficient (Wildman–Crippen LogP) is 3.79. The minimum Gasteiger partial charge on any atom is -0.506 e. The van der Waals surface area contributed by atoms with Crippen molar-refractivity contribution in [1.82, 2.24) is 5.43 Å². The zero-order valence-electron chi connectivity index (χ0n) is 12.4. The van der Waals surface area contributed by atoms with Crippen LogP contribution in [-0.4, -0.2) is 28.3 Å². The summed E-state index contributed by atoms with van der Waals surface area (Å²) in [5, 5.41) is 22.2. The number of benzene rings is 1. The summed E-state index contributed by atoms with van der Waals surface area (Å²) in [5.41, 5.74) is 2.87. The zero-order valence-corrected chi connectivity index (χ0v) is 15.6. The lowest BCUT2D eigenvalue weighted by molar-refractivity contribution is -0.137. The fraction of sp³-hybridized carbons (Fsp3) is 0.400. The molecule has 0 unspecified atom stereocenters. The highest BCUT2D eigenvalue weighted by Crippen LogP contribution is 2.30. The standard InChI is InChI=1S/C15H18Br2N2O4/c16-11-7-10(15(23)12(17)8-11)9-18-19-13(20)5-3-1-2-4-6-14(21)22/h7-9,23H,1-6H2,(H,19,20)(H,21,22)/b18-9+. The average Bonchev–Trinajstić information content (AvgIpc) is 2.47. The molecule has 0 spiro atoms. The van der Waals surface area contributed by atoms with Gasteiger partial charge in [-0.25, -0.2) is 5.43 Å². The molecule has 1 aromatic carbocycles. The molecule has 0 radical (unpaired) electrons. The van der Waals surface area contributed by atoms with Gasteiger partial charge in [-0.3, -0.25) is 9.59 Å². The number of amides is 1. The van der Waals surface area contributed by atoms with Gasteiger partial charge < -0.3 is 10.2 Å². The SMILES string of the molecule is O=C(O)CCCCCCC(=O)N/N=C/c1cc(Br)cc(Br)c1O. The number of aromatic hydroxyl groups is 1. The number of hydrogen-bond acceptors (Lipinski definition) is 4. The molecule has 0 aliphatic carbocycles. The van der Waals surface area contributed by atoms with E-state index in [0.29, 0.717) is 29.3 Å². The van der Waals surface area contributed by atoms with Crippen molar-refractivity contribution >= 4 is 50.0 Å². The number of carbonyl (C=O) groups is 2. The quantitative estimate of drug-likeness (QED) is 0.303. The first-order chi connectivity index (χ1) is 10.9. The second-order valence-corrected chi connectivity index (χ2v) is 6.70. The Balaban J connectivity index is 2.29. The predicted molar refractivity (Wildman–Crippen MR) is 94.6 cm³/mol. The van der Waals surface area contributed by atoms with Crippen LogP contribution in [0.15, 0.2) is 26.2 Å². The number of aliphatic carboxylic acids is 1. The van der Waals surface area contributed by atoms with Crippen molar-refractivity contribution in [3.05, 3.63) is 26.6 Å². The number of rotatable bonds is 9. The van der Waals surface area contributed by atoms with Gasteiger partial charge in [0.1, 0.15) is 5.75 Å². The van der Waals surface area contributed by atoms with Crippen molar-refractivity contribution in [3.63, 3.8) is 0 Å². The number of hydrazone groups is 1. The number of carbonyl (C=O) groups excluding carboxylic acids is 1. The molecule has 0 aliphatic heterocycles. The molecule has 0 aliphatic rings. The second-order valence-electron chi connectivity index (χ2n) is 4.93. The van der Waals surface area contributed by atoms with E-state index < -0.39 is 5.97 Å². The second kappa shape index (κ2) is 10.4. The van der Waals surface area contributed by atoms with Crippen molar-refractivity contribution in [2.75, 3.05) is 0 Å². The number of phenolic OH excluding ortho intramolecular Hbond substituents is 1. The van der Waals surface area contributed by atoms with Crippen LogP contribution in [0.4, 0.5) is 0 Å². The van der Waals surface area contributed by atoms with E-state index in [1.165, 1.54) is 6.21 Å². The van der Waals surface area contributed by atoms with E-state index in [0.717, 1.165) is 17.3 Å². The van der Waals surface area contributed by atoms with Gasteiger partial charge in [-0.2, -0.15) is 5.10 Å². The monoisotopic (exact) mass is 448 g/mol. The first-order valence-electron chi connectivity index (χ1n) is 7.12. The maximum atomic E-state index is 11.6. The van der Waals surface area contributed by atoms with E-state index >= 15 is 0 Å². The Bertz CT molecular complexity index is 591. The van der Waals surface area contributed by atoms with Crippen LogP contribution in [0, 0.1) is 0 Å². The van der Waals surface area contributed by atoms with Crippen molar-refractivity contribution in [3.8, 4) is 5.75 Å². The summed E-state index contributed by atoms with van der Waals surface area (Å²) in [5.74, 6) is -0.961. The molecule has 0 heterocycles. The van der Waals surface area contributed by atoms with Gasteiger partial charge in [0.15, 0.2) is 0 Å².